The molecule has 0 aliphatic heterocycles. The molecule has 0 atom stereocenters. The fraction of sp³-hybridized carbons (Fsp3) is 0.750. The van der Waals surface area contributed by atoms with Gasteiger partial charge in [-0.2, -0.15) is 4.80 Å². The third kappa shape index (κ3) is 0.962. The zero-order valence-corrected chi connectivity index (χ0v) is 6.24. The molecule has 1 saturated carbocycles. The van der Waals surface area contributed by atoms with Gasteiger partial charge >= 0.3 is 0 Å². The predicted octanol–water partition coefficient (Wildman–Crippen LogP) is 0.770. The molecule has 1 aliphatic carbocycles. The van der Waals surface area contributed by atoms with Gasteiger partial charge < -0.3 is 0 Å². The van der Waals surface area contributed by atoms with Crippen LogP contribution in [0.3, 0.4) is 0 Å². The lowest BCUT2D eigenvalue weighted by Crippen LogP contribution is -1.97. The second kappa shape index (κ2) is 1.76. The second-order valence-electron chi connectivity index (χ2n) is 2.11. The summed E-state index contributed by atoms with van der Waals surface area (Å²) in [7, 11) is 0. The Bertz CT molecular complexity index is 216. The van der Waals surface area contributed by atoms with Crippen LogP contribution in [0.4, 0.5) is 0 Å². The summed E-state index contributed by atoms with van der Waals surface area (Å²) in [5.41, 5.74) is 0. The summed E-state index contributed by atoms with van der Waals surface area (Å²) in [4.78, 5) is 1.66. The van der Waals surface area contributed by atoms with E-state index in [0.29, 0.717) is 10.8 Å². The van der Waals surface area contributed by atoms with E-state index in [0.717, 1.165) is 0 Å². The van der Waals surface area contributed by atoms with E-state index in [-0.39, 0.29) is 0 Å². The van der Waals surface area contributed by atoms with E-state index in [2.05, 4.69) is 31.3 Å². The molecule has 5 heteroatoms. The lowest BCUT2D eigenvalue weighted by atomic mass is 10.8. The van der Waals surface area contributed by atoms with E-state index in [4.69, 9.17) is 0 Å². The number of rotatable bonds is 1. The number of tetrazole rings is 1. The number of hydrogen-bond acceptors (Lipinski definition) is 3. The molecule has 0 saturated heterocycles. The Morgan fingerprint density at radius 2 is 2.33 bits per heavy atom. The van der Waals surface area contributed by atoms with Gasteiger partial charge in [-0.15, -0.1) is 10.2 Å². The monoisotopic (exact) mass is 188 g/mol. The van der Waals surface area contributed by atoms with Crippen LogP contribution in [0, 0.1) is 0 Å². The van der Waals surface area contributed by atoms with Gasteiger partial charge in [-0.1, -0.05) is 0 Å². The Balaban J connectivity index is 2.28. The van der Waals surface area contributed by atoms with Gasteiger partial charge in [0.25, 0.3) is 0 Å². The van der Waals surface area contributed by atoms with E-state index >= 15 is 0 Å². The molecule has 4 nitrogen and oxygen atoms in total. The molecular formula is C4H5BrN4. The minimum atomic E-state index is 0.531. The van der Waals surface area contributed by atoms with Crippen LogP contribution in [0.2, 0.25) is 0 Å². The molecule has 0 bridgehead atoms. The van der Waals surface area contributed by atoms with Crippen LogP contribution in [-0.4, -0.2) is 20.2 Å². The Hall–Kier alpha value is -0.450. The Kier molecular flexibility index (Phi) is 1.05. The number of nitrogens with zero attached hydrogens (tertiary/aromatic N) is 4. The van der Waals surface area contributed by atoms with E-state index < -0.39 is 0 Å². The first-order valence-electron chi connectivity index (χ1n) is 2.81. The van der Waals surface area contributed by atoms with Crippen molar-refractivity contribution in [1.29, 1.82) is 0 Å². The van der Waals surface area contributed by atoms with Crippen LogP contribution in [0.1, 0.15) is 18.9 Å². The number of aromatic nitrogens is 4. The molecule has 2 rings (SSSR count). The first-order valence-corrected chi connectivity index (χ1v) is 3.60. The van der Waals surface area contributed by atoms with Crippen molar-refractivity contribution in [3.05, 3.63) is 4.73 Å². The van der Waals surface area contributed by atoms with Crippen LogP contribution in [0.5, 0.6) is 0 Å². The fourth-order valence-corrected chi connectivity index (χ4v) is 0.901. The first kappa shape index (κ1) is 5.34. The van der Waals surface area contributed by atoms with Gasteiger partial charge in [0, 0.05) is 0 Å². The largest absolute Gasteiger partial charge is 0.239 e. The predicted molar refractivity (Wildman–Crippen MR) is 33.8 cm³/mol. The van der Waals surface area contributed by atoms with Crippen LogP contribution < -0.4 is 0 Å². The molecule has 0 N–H and O–H groups in total. The standard InChI is InChI=1S/C4H5BrN4/c5-4-6-8-9(7-4)3-1-2-3/h3H,1-2H2. The molecule has 9 heavy (non-hydrogen) atoms. The molecule has 0 aromatic carbocycles. The summed E-state index contributed by atoms with van der Waals surface area (Å²) in [5, 5.41) is 11.5. The summed E-state index contributed by atoms with van der Waals surface area (Å²) in [6.45, 7) is 0. The maximum Gasteiger partial charge on any atom is 0.239 e. The molecule has 0 spiro atoms. The van der Waals surface area contributed by atoms with Crippen molar-refractivity contribution >= 4 is 15.9 Å². The molecule has 48 valence electrons. The van der Waals surface area contributed by atoms with Crippen molar-refractivity contribution in [2.24, 2.45) is 0 Å². The lowest BCUT2D eigenvalue weighted by Gasteiger charge is -1.86. The van der Waals surface area contributed by atoms with E-state index in [1.807, 2.05) is 0 Å². The minimum Gasteiger partial charge on any atom is -0.160 e. The van der Waals surface area contributed by atoms with Crippen molar-refractivity contribution in [2.75, 3.05) is 0 Å². The van der Waals surface area contributed by atoms with Crippen LogP contribution in [0.15, 0.2) is 4.73 Å². The highest BCUT2D eigenvalue weighted by Crippen LogP contribution is 2.32. The first-order chi connectivity index (χ1) is 4.36. The average molecular weight is 189 g/mol. The van der Waals surface area contributed by atoms with Crippen molar-refractivity contribution in [2.45, 2.75) is 18.9 Å². The van der Waals surface area contributed by atoms with Crippen molar-refractivity contribution < 1.29 is 0 Å². The fourth-order valence-electron chi connectivity index (χ4n) is 0.667. The van der Waals surface area contributed by atoms with Gasteiger partial charge in [0.1, 0.15) is 0 Å². The van der Waals surface area contributed by atoms with Gasteiger partial charge in [0.05, 0.1) is 6.04 Å². The molecule has 0 amide bonds. The summed E-state index contributed by atoms with van der Waals surface area (Å²) in [6, 6.07) is 0.531. The zero-order chi connectivity index (χ0) is 6.27. The summed E-state index contributed by atoms with van der Waals surface area (Å²) < 4.78 is 0.578. The van der Waals surface area contributed by atoms with Crippen molar-refractivity contribution in [3.8, 4) is 0 Å². The van der Waals surface area contributed by atoms with Gasteiger partial charge in [-0.05, 0) is 34.0 Å². The summed E-state index contributed by atoms with van der Waals surface area (Å²) in [5.74, 6) is 0. The topological polar surface area (TPSA) is 43.6 Å². The third-order valence-corrected chi connectivity index (χ3v) is 1.59. The molecule has 1 aliphatic rings. The van der Waals surface area contributed by atoms with Crippen molar-refractivity contribution in [3.63, 3.8) is 0 Å². The van der Waals surface area contributed by atoms with E-state index in [1.54, 1.807) is 4.80 Å². The van der Waals surface area contributed by atoms with Gasteiger partial charge in [0.15, 0.2) is 0 Å². The molecule has 1 fully saturated rings. The highest BCUT2D eigenvalue weighted by molar-refractivity contribution is 9.10. The quantitative estimate of drug-likeness (QED) is 0.655. The van der Waals surface area contributed by atoms with E-state index in [9.17, 15) is 0 Å². The SMILES string of the molecule is Brc1nnn(C2CC2)n1. The van der Waals surface area contributed by atoms with Gasteiger partial charge in [-0.25, -0.2) is 0 Å². The number of halogens is 1. The average Bonchev–Trinajstić information content (AvgIpc) is 2.58. The molecule has 0 radical (unpaired) electrons. The lowest BCUT2D eigenvalue weighted by molar-refractivity contribution is 0.536. The summed E-state index contributed by atoms with van der Waals surface area (Å²) >= 11 is 3.12. The molecule has 1 heterocycles. The summed E-state index contributed by atoms with van der Waals surface area (Å²) in [6.07, 6.45) is 2.39. The number of hydrogen-bond donors (Lipinski definition) is 0. The van der Waals surface area contributed by atoms with Gasteiger partial charge in [-0.3, -0.25) is 0 Å². The highest BCUT2D eigenvalue weighted by atomic mass is 79.9. The Morgan fingerprint density at radius 1 is 1.56 bits per heavy atom. The molecule has 0 unspecified atom stereocenters. The zero-order valence-electron chi connectivity index (χ0n) is 4.66. The molecule has 1 aromatic rings. The third-order valence-electron chi connectivity index (χ3n) is 1.28. The minimum absolute atomic E-state index is 0.531. The van der Waals surface area contributed by atoms with Crippen LogP contribution in [0.25, 0.3) is 0 Å². The second-order valence-corrected chi connectivity index (χ2v) is 2.82. The Morgan fingerprint density at radius 3 is 2.78 bits per heavy atom. The maximum atomic E-state index is 3.98. The molecule has 1 aromatic heterocycles. The van der Waals surface area contributed by atoms with Crippen LogP contribution >= 0.6 is 15.9 Å². The van der Waals surface area contributed by atoms with Crippen LogP contribution in [-0.2, 0) is 0 Å². The Labute approximate surface area is 60.4 Å². The van der Waals surface area contributed by atoms with E-state index in [1.165, 1.54) is 12.8 Å². The molecular weight excluding hydrogens is 184 g/mol. The normalized spacial score (nSPS) is 18.3. The van der Waals surface area contributed by atoms with Gasteiger partial charge in [0.2, 0.25) is 4.73 Å². The maximum absolute atomic E-state index is 3.98. The highest BCUT2D eigenvalue weighted by Gasteiger charge is 2.25. The smallest absolute Gasteiger partial charge is 0.160 e. The van der Waals surface area contributed by atoms with Crippen molar-refractivity contribution in [1.82, 2.24) is 20.2 Å².